The van der Waals surface area contributed by atoms with E-state index in [1.165, 1.54) is 30.3 Å². The van der Waals surface area contributed by atoms with Gasteiger partial charge >= 0.3 is 0 Å². The number of carbonyl (C=O) groups is 2. The summed E-state index contributed by atoms with van der Waals surface area (Å²) >= 11 is 6.26. The maximum Gasteiger partial charge on any atom is 0.261 e. The van der Waals surface area contributed by atoms with E-state index >= 15 is 0 Å². The topological polar surface area (TPSA) is 117 Å². The van der Waals surface area contributed by atoms with Crippen molar-refractivity contribution < 1.29 is 18.0 Å². The van der Waals surface area contributed by atoms with Crippen LogP contribution in [0.15, 0.2) is 96.2 Å². The number of rotatable bonds is 8. The minimum absolute atomic E-state index is 0.0383. The molecular weight excluding hydrogens is 512 g/mol. The van der Waals surface area contributed by atoms with Gasteiger partial charge < -0.3 is 10.6 Å². The minimum Gasteiger partial charge on any atom is -0.348 e. The summed E-state index contributed by atoms with van der Waals surface area (Å²) in [6.07, 6.45) is 3.29. The van der Waals surface area contributed by atoms with Crippen molar-refractivity contribution in [3.8, 4) is 0 Å². The maximum absolute atomic E-state index is 13.1. The van der Waals surface area contributed by atoms with E-state index in [0.29, 0.717) is 0 Å². The van der Waals surface area contributed by atoms with Crippen LogP contribution in [0.5, 0.6) is 0 Å². The van der Waals surface area contributed by atoms with Crippen molar-refractivity contribution in [3.63, 3.8) is 0 Å². The largest absolute Gasteiger partial charge is 0.348 e. The second-order valence-corrected chi connectivity index (χ2v) is 10.2. The van der Waals surface area contributed by atoms with Crippen molar-refractivity contribution in [3.05, 3.63) is 119 Å². The molecule has 1 aromatic heterocycles. The van der Waals surface area contributed by atoms with Crippen LogP contribution in [0.4, 0.5) is 11.4 Å². The van der Waals surface area contributed by atoms with Gasteiger partial charge in [-0.05, 0) is 61.0 Å². The lowest BCUT2D eigenvalue weighted by Gasteiger charge is -2.14. The maximum atomic E-state index is 13.1. The third-order valence-electron chi connectivity index (χ3n) is 5.39. The molecule has 0 fully saturated rings. The van der Waals surface area contributed by atoms with E-state index in [9.17, 15) is 18.0 Å². The van der Waals surface area contributed by atoms with Crippen molar-refractivity contribution in [2.75, 3.05) is 10.0 Å². The van der Waals surface area contributed by atoms with Gasteiger partial charge in [-0.25, -0.2) is 8.42 Å². The summed E-state index contributed by atoms with van der Waals surface area (Å²) < 4.78 is 28.0. The molecule has 4 rings (SSSR count). The minimum atomic E-state index is -3.87. The van der Waals surface area contributed by atoms with Crippen molar-refractivity contribution in [1.29, 1.82) is 0 Å². The summed E-state index contributed by atoms with van der Waals surface area (Å²) in [6, 6.07) is 20.8. The molecule has 0 spiro atoms. The molecule has 2 amide bonds. The zero-order chi connectivity index (χ0) is 26.4. The van der Waals surface area contributed by atoms with E-state index in [-0.39, 0.29) is 44.9 Å². The Kier molecular flexibility index (Phi) is 7.86. The molecule has 0 aliphatic rings. The molecule has 8 nitrogen and oxygen atoms in total. The summed E-state index contributed by atoms with van der Waals surface area (Å²) in [5.74, 6) is -0.987. The number of anilines is 2. The van der Waals surface area contributed by atoms with Crippen LogP contribution in [0.1, 0.15) is 31.8 Å². The first-order chi connectivity index (χ1) is 17.7. The summed E-state index contributed by atoms with van der Waals surface area (Å²) in [5, 5.41) is 5.62. The number of benzene rings is 3. The highest BCUT2D eigenvalue weighted by Gasteiger charge is 2.19. The number of hydrogen-bond acceptors (Lipinski definition) is 5. The highest BCUT2D eigenvalue weighted by molar-refractivity contribution is 7.92. The van der Waals surface area contributed by atoms with E-state index in [4.69, 9.17) is 11.6 Å². The SMILES string of the molecule is Cc1ccc(S(=O)(=O)Nc2ccc(Cl)c(C(=O)Nc3ccccc3C(=O)NCc3cccnc3)c2)cc1. The van der Waals surface area contributed by atoms with Crippen molar-refractivity contribution in [1.82, 2.24) is 10.3 Å². The van der Waals surface area contributed by atoms with Crippen LogP contribution in [-0.4, -0.2) is 25.2 Å². The van der Waals surface area contributed by atoms with Gasteiger partial charge in [-0.3, -0.25) is 19.3 Å². The molecule has 0 aliphatic carbocycles. The number of para-hydroxylation sites is 1. The van der Waals surface area contributed by atoms with Crippen molar-refractivity contribution in [2.24, 2.45) is 0 Å². The van der Waals surface area contributed by atoms with Crippen LogP contribution in [0.2, 0.25) is 5.02 Å². The van der Waals surface area contributed by atoms with Crippen LogP contribution < -0.4 is 15.4 Å². The van der Waals surface area contributed by atoms with Crippen LogP contribution >= 0.6 is 11.6 Å². The predicted molar refractivity (Wildman–Crippen MR) is 143 cm³/mol. The monoisotopic (exact) mass is 534 g/mol. The van der Waals surface area contributed by atoms with Gasteiger partial charge in [0.1, 0.15) is 0 Å². The second-order valence-electron chi connectivity index (χ2n) is 8.16. The fourth-order valence-electron chi connectivity index (χ4n) is 3.45. The smallest absolute Gasteiger partial charge is 0.261 e. The summed E-state index contributed by atoms with van der Waals surface area (Å²) in [6.45, 7) is 2.13. The van der Waals surface area contributed by atoms with Gasteiger partial charge in [-0.2, -0.15) is 0 Å². The molecule has 0 saturated heterocycles. The molecule has 10 heteroatoms. The summed E-state index contributed by atoms with van der Waals surface area (Å²) in [5.41, 5.74) is 2.49. The van der Waals surface area contributed by atoms with E-state index in [2.05, 4.69) is 20.3 Å². The van der Waals surface area contributed by atoms with Gasteiger partial charge in [-0.1, -0.05) is 47.5 Å². The molecule has 0 radical (unpaired) electrons. The molecule has 0 unspecified atom stereocenters. The standard InChI is InChI=1S/C27H23ClN4O4S/c1-18-8-11-21(12-9-18)37(35,36)32-20-10-13-24(28)23(15-20)27(34)31-25-7-3-2-6-22(25)26(33)30-17-19-5-4-14-29-16-19/h2-16,32H,17H2,1H3,(H,30,33)(H,31,34). The molecule has 0 saturated carbocycles. The second kappa shape index (κ2) is 11.2. The van der Waals surface area contributed by atoms with Gasteiger partial charge in [0.2, 0.25) is 0 Å². The van der Waals surface area contributed by atoms with Crippen molar-refractivity contribution in [2.45, 2.75) is 18.4 Å². The fraction of sp³-hybridized carbons (Fsp3) is 0.0741. The third kappa shape index (κ3) is 6.52. The number of aryl methyl sites for hydroxylation is 1. The van der Waals surface area contributed by atoms with Gasteiger partial charge in [0, 0.05) is 24.6 Å². The Bertz CT molecular complexity index is 1540. The van der Waals surface area contributed by atoms with E-state index in [1.807, 2.05) is 13.0 Å². The van der Waals surface area contributed by atoms with E-state index < -0.39 is 15.9 Å². The molecular formula is C27H23ClN4O4S. The molecule has 4 aromatic rings. The molecule has 0 atom stereocenters. The average molecular weight is 535 g/mol. The first-order valence-corrected chi connectivity index (χ1v) is 13.1. The lowest BCUT2D eigenvalue weighted by Crippen LogP contribution is -2.25. The van der Waals surface area contributed by atoms with Gasteiger partial charge in [0.05, 0.1) is 26.7 Å². The first-order valence-electron chi connectivity index (χ1n) is 11.2. The van der Waals surface area contributed by atoms with E-state index in [0.717, 1.165) is 11.1 Å². The Morgan fingerprint density at radius 2 is 1.65 bits per heavy atom. The number of nitrogens with one attached hydrogen (secondary N) is 3. The molecule has 3 aromatic carbocycles. The van der Waals surface area contributed by atoms with Gasteiger partial charge in [0.15, 0.2) is 0 Å². The zero-order valence-electron chi connectivity index (χ0n) is 19.7. The number of halogens is 1. The number of aromatic nitrogens is 1. The number of carbonyl (C=O) groups excluding carboxylic acids is 2. The molecule has 0 aliphatic heterocycles. The third-order valence-corrected chi connectivity index (χ3v) is 7.12. The zero-order valence-corrected chi connectivity index (χ0v) is 21.3. The predicted octanol–water partition coefficient (Wildman–Crippen LogP) is 5.03. The summed E-state index contributed by atoms with van der Waals surface area (Å²) in [7, 11) is -3.87. The summed E-state index contributed by atoms with van der Waals surface area (Å²) in [4.78, 5) is 30.0. The quantitative estimate of drug-likeness (QED) is 0.293. The first kappa shape index (κ1) is 25.9. The lowest BCUT2D eigenvalue weighted by atomic mass is 10.1. The Balaban J connectivity index is 1.51. The highest BCUT2D eigenvalue weighted by atomic mass is 35.5. The molecule has 188 valence electrons. The highest BCUT2D eigenvalue weighted by Crippen LogP contribution is 2.25. The number of pyridine rings is 1. The normalized spacial score (nSPS) is 11.0. The fourth-order valence-corrected chi connectivity index (χ4v) is 4.71. The van der Waals surface area contributed by atoms with Crippen molar-refractivity contribution >= 4 is 44.8 Å². The Morgan fingerprint density at radius 1 is 0.892 bits per heavy atom. The number of nitrogens with zero attached hydrogens (tertiary/aromatic N) is 1. The van der Waals surface area contributed by atoms with Crippen LogP contribution in [0, 0.1) is 6.92 Å². The average Bonchev–Trinajstić information content (AvgIpc) is 2.89. The number of amides is 2. The molecule has 0 bridgehead atoms. The molecule has 1 heterocycles. The van der Waals surface area contributed by atoms with Gasteiger partial charge in [-0.15, -0.1) is 0 Å². The van der Waals surface area contributed by atoms with Crippen LogP contribution in [0.3, 0.4) is 0 Å². The van der Waals surface area contributed by atoms with E-state index in [1.54, 1.807) is 54.9 Å². The molecule has 37 heavy (non-hydrogen) atoms. The molecule has 3 N–H and O–H groups in total. The van der Waals surface area contributed by atoms with Crippen LogP contribution in [0.25, 0.3) is 0 Å². The Labute approximate surface area is 219 Å². The van der Waals surface area contributed by atoms with Gasteiger partial charge in [0.25, 0.3) is 21.8 Å². The number of sulfonamides is 1. The Morgan fingerprint density at radius 3 is 2.38 bits per heavy atom. The lowest BCUT2D eigenvalue weighted by molar-refractivity contribution is 0.0951. The van der Waals surface area contributed by atoms with Crippen LogP contribution in [-0.2, 0) is 16.6 Å². The Hall–Kier alpha value is -4.21. The number of hydrogen-bond donors (Lipinski definition) is 3.